The molecule has 0 radical (unpaired) electrons. The number of imidazole rings is 1. The molecule has 6 heteroatoms. The number of hydrogen-bond acceptors (Lipinski definition) is 3. The molecule has 1 aromatic heterocycles. The summed E-state index contributed by atoms with van der Waals surface area (Å²) in [6.07, 6.45) is 5.18. The lowest BCUT2D eigenvalue weighted by atomic mass is 9.70. The van der Waals surface area contributed by atoms with Crippen LogP contribution in [0.4, 0.5) is 10.7 Å². The Kier molecular flexibility index (Phi) is 5.22. The van der Waals surface area contributed by atoms with Gasteiger partial charge in [-0.3, -0.25) is 0 Å². The van der Waals surface area contributed by atoms with Crippen LogP contribution in [-0.4, -0.2) is 35.7 Å². The molecule has 2 rings (SSSR count). The monoisotopic (exact) mass is 321 g/mol. The second-order valence-electron chi connectivity index (χ2n) is 7.82. The van der Waals surface area contributed by atoms with Crippen molar-refractivity contribution in [2.24, 2.45) is 18.4 Å². The first-order chi connectivity index (χ1) is 10.7. The van der Waals surface area contributed by atoms with Crippen LogP contribution < -0.4 is 15.5 Å². The molecule has 0 saturated heterocycles. The van der Waals surface area contributed by atoms with E-state index in [0.717, 1.165) is 30.9 Å². The van der Waals surface area contributed by atoms with Crippen LogP contribution in [0, 0.1) is 11.3 Å². The van der Waals surface area contributed by atoms with E-state index in [1.807, 2.05) is 30.6 Å². The molecule has 0 bridgehead atoms. The highest BCUT2D eigenvalue weighted by molar-refractivity contribution is 5.74. The predicted molar refractivity (Wildman–Crippen MR) is 93.5 cm³/mol. The molecule has 2 amide bonds. The van der Waals surface area contributed by atoms with E-state index in [0.29, 0.717) is 17.9 Å². The van der Waals surface area contributed by atoms with Crippen molar-refractivity contribution in [3.8, 4) is 0 Å². The fourth-order valence-electron chi connectivity index (χ4n) is 3.56. The zero-order valence-electron chi connectivity index (χ0n) is 15.3. The van der Waals surface area contributed by atoms with Crippen LogP contribution in [-0.2, 0) is 13.6 Å². The highest BCUT2D eigenvalue weighted by Crippen LogP contribution is 2.38. The third kappa shape index (κ3) is 4.39. The molecule has 0 unspecified atom stereocenters. The van der Waals surface area contributed by atoms with Gasteiger partial charge in [0.1, 0.15) is 0 Å². The number of amides is 2. The lowest BCUT2D eigenvalue weighted by Crippen LogP contribution is -2.48. The van der Waals surface area contributed by atoms with Crippen molar-refractivity contribution >= 4 is 12.0 Å². The largest absolute Gasteiger partial charge is 0.348 e. The summed E-state index contributed by atoms with van der Waals surface area (Å²) in [5.41, 5.74) is 1.38. The number of nitrogens with zero attached hydrogens (tertiary/aromatic N) is 3. The van der Waals surface area contributed by atoms with Crippen molar-refractivity contribution in [2.45, 2.75) is 52.6 Å². The molecule has 2 atom stereocenters. The third-order valence-electron chi connectivity index (χ3n) is 4.90. The summed E-state index contributed by atoms with van der Waals surface area (Å²) in [5.74, 6) is 1.40. The number of rotatable bonds is 4. The Hall–Kier alpha value is -1.72. The number of aromatic nitrogens is 2. The van der Waals surface area contributed by atoms with E-state index in [1.54, 1.807) is 6.20 Å². The second-order valence-corrected chi connectivity index (χ2v) is 7.82. The van der Waals surface area contributed by atoms with Crippen molar-refractivity contribution < 1.29 is 4.79 Å². The SMILES string of the molecule is C[C@@H]1CC(C)(C)CC[C@@H]1NC(=O)NCc1cnc(N(C)C)n1C. The van der Waals surface area contributed by atoms with Crippen molar-refractivity contribution in [1.82, 2.24) is 20.2 Å². The van der Waals surface area contributed by atoms with E-state index in [9.17, 15) is 4.79 Å². The Bertz CT molecular complexity index is 549. The molecule has 1 fully saturated rings. The molecule has 1 aliphatic rings. The normalized spacial score (nSPS) is 23.4. The van der Waals surface area contributed by atoms with E-state index in [-0.39, 0.29) is 12.1 Å². The van der Waals surface area contributed by atoms with Gasteiger partial charge in [-0.1, -0.05) is 20.8 Å². The van der Waals surface area contributed by atoms with Crippen LogP contribution in [0.5, 0.6) is 0 Å². The fraction of sp³-hybridized carbons (Fsp3) is 0.765. The van der Waals surface area contributed by atoms with Crippen LogP contribution in [0.1, 0.15) is 45.7 Å². The third-order valence-corrected chi connectivity index (χ3v) is 4.90. The Morgan fingerprint density at radius 3 is 2.74 bits per heavy atom. The quantitative estimate of drug-likeness (QED) is 0.895. The molecule has 6 nitrogen and oxygen atoms in total. The number of carbonyl (C=O) groups is 1. The second kappa shape index (κ2) is 6.81. The van der Waals surface area contributed by atoms with Crippen LogP contribution in [0.3, 0.4) is 0 Å². The minimum atomic E-state index is -0.0887. The van der Waals surface area contributed by atoms with Gasteiger partial charge in [-0.15, -0.1) is 0 Å². The number of carbonyl (C=O) groups excluding carboxylic acids is 1. The summed E-state index contributed by atoms with van der Waals surface area (Å²) in [5, 5.41) is 6.09. The Morgan fingerprint density at radius 1 is 1.48 bits per heavy atom. The van der Waals surface area contributed by atoms with Gasteiger partial charge >= 0.3 is 6.03 Å². The average Bonchev–Trinajstić information content (AvgIpc) is 2.80. The molecule has 1 aliphatic carbocycles. The molecule has 23 heavy (non-hydrogen) atoms. The van der Waals surface area contributed by atoms with Crippen LogP contribution in [0.15, 0.2) is 6.20 Å². The molecule has 1 saturated carbocycles. The summed E-state index contributed by atoms with van der Waals surface area (Å²) in [6.45, 7) is 7.33. The van der Waals surface area contributed by atoms with Crippen molar-refractivity contribution in [3.05, 3.63) is 11.9 Å². The predicted octanol–water partition coefficient (Wildman–Crippen LogP) is 2.50. The van der Waals surface area contributed by atoms with E-state index in [4.69, 9.17) is 0 Å². The average molecular weight is 321 g/mol. The van der Waals surface area contributed by atoms with Gasteiger partial charge in [0.05, 0.1) is 18.4 Å². The molecule has 2 N–H and O–H groups in total. The van der Waals surface area contributed by atoms with Gasteiger partial charge in [-0.05, 0) is 30.6 Å². The first kappa shape index (κ1) is 17.6. The van der Waals surface area contributed by atoms with Gasteiger partial charge < -0.3 is 20.1 Å². The van der Waals surface area contributed by atoms with Gasteiger partial charge in [0.2, 0.25) is 5.95 Å². The highest BCUT2D eigenvalue weighted by atomic mass is 16.2. The van der Waals surface area contributed by atoms with Crippen molar-refractivity contribution in [1.29, 1.82) is 0 Å². The first-order valence-electron chi connectivity index (χ1n) is 8.42. The van der Waals surface area contributed by atoms with Gasteiger partial charge in [-0.25, -0.2) is 9.78 Å². The molecule has 1 heterocycles. The van der Waals surface area contributed by atoms with E-state index in [1.165, 1.54) is 0 Å². The maximum Gasteiger partial charge on any atom is 0.315 e. The summed E-state index contributed by atoms with van der Waals surface area (Å²) in [4.78, 5) is 18.5. The van der Waals surface area contributed by atoms with E-state index < -0.39 is 0 Å². The molecule has 0 aliphatic heterocycles. The number of anilines is 1. The van der Waals surface area contributed by atoms with Crippen LogP contribution in [0.25, 0.3) is 0 Å². The molecule has 1 aromatic rings. The summed E-state index contributed by atoms with van der Waals surface area (Å²) >= 11 is 0. The van der Waals surface area contributed by atoms with Gasteiger partial charge in [-0.2, -0.15) is 0 Å². The topological polar surface area (TPSA) is 62.2 Å². The molecule has 0 aromatic carbocycles. The lowest BCUT2D eigenvalue weighted by Gasteiger charge is -2.39. The van der Waals surface area contributed by atoms with Crippen molar-refractivity contribution in [3.63, 3.8) is 0 Å². The molecule has 0 spiro atoms. The summed E-state index contributed by atoms with van der Waals surface area (Å²) in [6, 6.07) is 0.182. The Morgan fingerprint density at radius 2 is 2.17 bits per heavy atom. The van der Waals surface area contributed by atoms with Gasteiger partial charge in [0.15, 0.2) is 0 Å². The lowest BCUT2D eigenvalue weighted by molar-refractivity contribution is 0.149. The van der Waals surface area contributed by atoms with Gasteiger partial charge in [0, 0.05) is 27.2 Å². The van der Waals surface area contributed by atoms with Crippen molar-refractivity contribution in [2.75, 3.05) is 19.0 Å². The minimum absolute atomic E-state index is 0.0887. The summed E-state index contributed by atoms with van der Waals surface area (Å²) < 4.78 is 1.99. The minimum Gasteiger partial charge on any atom is -0.348 e. The van der Waals surface area contributed by atoms with E-state index >= 15 is 0 Å². The number of hydrogen-bond donors (Lipinski definition) is 2. The standard InChI is InChI=1S/C17H31N5O/c1-12-9-17(2,3)8-7-14(12)20-15(23)18-10-13-11-19-16(21(4)5)22(13)6/h11-12,14H,7-10H2,1-6H3,(H2,18,20,23)/t12-,14+/m1/s1. The first-order valence-corrected chi connectivity index (χ1v) is 8.42. The zero-order valence-corrected chi connectivity index (χ0v) is 15.3. The van der Waals surface area contributed by atoms with E-state index in [2.05, 4.69) is 36.4 Å². The number of nitrogens with one attached hydrogen (secondary N) is 2. The Balaban J connectivity index is 1.84. The number of urea groups is 1. The zero-order chi connectivity index (χ0) is 17.2. The van der Waals surface area contributed by atoms with Crippen LogP contribution >= 0.6 is 0 Å². The summed E-state index contributed by atoms with van der Waals surface area (Å²) in [7, 11) is 5.87. The van der Waals surface area contributed by atoms with Gasteiger partial charge in [0.25, 0.3) is 0 Å². The highest BCUT2D eigenvalue weighted by Gasteiger charge is 2.32. The smallest absolute Gasteiger partial charge is 0.315 e. The molecule has 130 valence electrons. The molecular weight excluding hydrogens is 290 g/mol. The fourth-order valence-corrected chi connectivity index (χ4v) is 3.56. The maximum absolute atomic E-state index is 12.2. The maximum atomic E-state index is 12.2. The molecular formula is C17H31N5O. The Labute approximate surface area is 139 Å². The van der Waals surface area contributed by atoms with Crippen LogP contribution in [0.2, 0.25) is 0 Å².